The van der Waals surface area contributed by atoms with Crippen molar-refractivity contribution in [3.8, 4) is 0 Å². The number of nitrogens with one attached hydrogen (secondary N) is 2. The van der Waals surface area contributed by atoms with E-state index in [1.807, 2.05) is 6.92 Å². The van der Waals surface area contributed by atoms with Crippen molar-refractivity contribution < 1.29 is 18.3 Å². The lowest BCUT2D eigenvalue weighted by Gasteiger charge is -2.31. The van der Waals surface area contributed by atoms with Gasteiger partial charge in [-0.05, 0) is 38.8 Å². The Morgan fingerprint density at radius 3 is 2.74 bits per heavy atom. The van der Waals surface area contributed by atoms with Crippen molar-refractivity contribution in [1.29, 1.82) is 0 Å². The molecule has 1 atom stereocenters. The van der Waals surface area contributed by atoms with Gasteiger partial charge in [-0.25, -0.2) is 4.72 Å². The lowest BCUT2D eigenvalue weighted by atomic mass is 10.1. The van der Waals surface area contributed by atoms with Crippen LogP contribution in [0, 0.1) is 0 Å². The summed E-state index contributed by atoms with van der Waals surface area (Å²) in [5.74, 6) is -1.07. The summed E-state index contributed by atoms with van der Waals surface area (Å²) < 4.78 is 27.7. The molecule has 19 heavy (non-hydrogen) atoms. The van der Waals surface area contributed by atoms with Crippen LogP contribution in [0.1, 0.15) is 32.6 Å². The molecule has 3 N–H and O–H groups in total. The van der Waals surface area contributed by atoms with Gasteiger partial charge in [0.15, 0.2) is 0 Å². The maximum absolute atomic E-state index is 12.1. The van der Waals surface area contributed by atoms with Crippen molar-refractivity contribution in [2.45, 2.75) is 38.6 Å². The number of hydrogen-bond acceptors (Lipinski definition) is 4. The molecule has 0 amide bonds. The molecule has 0 saturated carbocycles. The van der Waals surface area contributed by atoms with Gasteiger partial charge in [0, 0.05) is 13.1 Å². The summed E-state index contributed by atoms with van der Waals surface area (Å²) in [6, 6.07) is -0.931. The first-order chi connectivity index (χ1) is 8.99. The number of rotatable bonds is 8. The van der Waals surface area contributed by atoms with Crippen molar-refractivity contribution in [2.24, 2.45) is 0 Å². The largest absolute Gasteiger partial charge is 0.480 e. The van der Waals surface area contributed by atoms with Crippen molar-refractivity contribution in [3.05, 3.63) is 0 Å². The van der Waals surface area contributed by atoms with E-state index in [1.165, 1.54) is 0 Å². The predicted molar refractivity (Wildman–Crippen MR) is 72.1 cm³/mol. The summed E-state index contributed by atoms with van der Waals surface area (Å²) in [5, 5.41) is 12.2. The first-order valence-corrected chi connectivity index (χ1v) is 8.13. The number of carboxylic acid groups (broad SMARTS) is 1. The standard InChI is InChI=1S/C11H23N3O4S/c1-2-12-7-5-8-13-19(17,18)14-9-4-3-6-10(14)11(15)16/h10,12-13H,2-9H2,1H3,(H,15,16). The van der Waals surface area contributed by atoms with Crippen LogP contribution in [0.2, 0.25) is 0 Å². The summed E-state index contributed by atoms with van der Waals surface area (Å²) in [6.45, 7) is 4.16. The second-order valence-corrected chi connectivity index (χ2v) is 6.27. The average molecular weight is 293 g/mol. The number of nitrogens with zero attached hydrogens (tertiary/aromatic N) is 1. The van der Waals surface area contributed by atoms with Gasteiger partial charge in [-0.15, -0.1) is 0 Å². The molecular formula is C11H23N3O4S. The molecule has 1 aliphatic rings. The van der Waals surface area contributed by atoms with Gasteiger partial charge in [0.2, 0.25) is 0 Å². The molecule has 1 fully saturated rings. The molecule has 8 heteroatoms. The molecule has 0 aliphatic carbocycles. The third-order valence-corrected chi connectivity index (χ3v) is 4.74. The highest BCUT2D eigenvalue weighted by Gasteiger charge is 2.36. The Bertz CT molecular complexity index is 385. The zero-order valence-corrected chi connectivity index (χ0v) is 12.1. The Morgan fingerprint density at radius 1 is 1.37 bits per heavy atom. The average Bonchev–Trinajstić information content (AvgIpc) is 2.38. The van der Waals surface area contributed by atoms with E-state index in [-0.39, 0.29) is 6.54 Å². The Kier molecular flexibility index (Phi) is 6.70. The first-order valence-electron chi connectivity index (χ1n) is 6.69. The third-order valence-electron chi connectivity index (χ3n) is 3.11. The molecule has 7 nitrogen and oxygen atoms in total. The van der Waals surface area contributed by atoms with Crippen molar-refractivity contribution in [3.63, 3.8) is 0 Å². The normalized spacial score (nSPS) is 21.4. The highest BCUT2D eigenvalue weighted by Crippen LogP contribution is 2.19. The SMILES string of the molecule is CCNCCCNS(=O)(=O)N1CCCCC1C(=O)O. The maximum atomic E-state index is 12.1. The van der Waals surface area contributed by atoms with E-state index in [0.717, 1.165) is 23.8 Å². The van der Waals surface area contributed by atoms with Gasteiger partial charge < -0.3 is 10.4 Å². The topological polar surface area (TPSA) is 98.7 Å². The van der Waals surface area contributed by atoms with E-state index in [4.69, 9.17) is 5.11 Å². The fraction of sp³-hybridized carbons (Fsp3) is 0.909. The van der Waals surface area contributed by atoms with Crippen LogP contribution >= 0.6 is 0 Å². The van der Waals surface area contributed by atoms with Gasteiger partial charge in [0.05, 0.1) is 0 Å². The number of carbonyl (C=O) groups is 1. The van der Waals surface area contributed by atoms with Crippen LogP contribution in [0.15, 0.2) is 0 Å². The third kappa shape index (κ3) is 5.06. The quantitative estimate of drug-likeness (QED) is 0.536. The van der Waals surface area contributed by atoms with Crippen molar-refractivity contribution >= 4 is 16.2 Å². The molecular weight excluding hydrogens is 270 g/mol. The minimum Gasteiger partial charge on any atom is -0.480 e. The van der Waals surface area contributed by atoms with E-state index in [1.54, 1.807) is 0 Å². The minimum absolute atomic E-state index is 0.277. The molecule has 1 unspecified atom stereocenters. The molecule has 0 aromatic rings. The number of carboxylic acids is 1. The zero-order chi connectivity index (χ0) is 14.3. The van der Waals surface area contributed by atoms with Gasteiger partial charge in [-0.3, -0.25) is 4.79 Å². The van der Waals surface area contributed by atoms with E-state index in [9.17, 15) is 13.2 Å². The van der Waals surface area contributed by atoms with Gasteiger partial charge in [0.1, 0.15) is 6.04 Å². The molecule has 1 aliphatic heterocycles. The molecule has 1 saturated heterocycles. The van der Waals surface area contributed by atoms with E-state index < -0.39 is 22.2 Å². The van der Waals surface area contributed by atoms with Gasteiger partial charge in [-0.1, -0.05) is 6.92 Å². The van der Waals surface area contributed by atoms with Gasteiger partial charge >= 0.3 is 5.97 Å². The Morgan fingerprint density at radius 2 is 2.11 bits per heavy atom. The Balaban J connectivity index is 2.52. The lowest BCUT2D eigenvalue weighted by molar-refractivity contribution is -0.142. The molecule has 0 bridgehead atoms. The lowest BCUT2D eigenvalue weighted by Crippen LogP contribution is -2.52. The second-order valence-electron chi connectivity index (χ2n) is 4.57. The zero-order valence-electron chi connectivity index (χ0n) is 11.3. The Hall–Kier alpha value is -0.700. The minimum atomic E-state index is -3.69. The molecule has 0 aromatic heterocycles. The van der Waals surface area contributed by atoms with E-state index in [2.05, 4.69) is 10.0 Å². The number of piperidine rings is 1. The molecule has 0 spiro atoms. The highest BCUT2D eigenvalue weighted by atomic mass is 32.2. The first kappa shape index (κ1) is 16.4. The summed E-state index contributed by atoms with van der Waals surface area (Å²) >= 11 is 0. The molecule has 1 heterocycles. The monoisotopic (exact) mass is 293 g/mol. The number of aliphatic carboxylic acids is 1. The molecule has 0 aromatic carbocycles. The van der Waals surface area contributed by atoms with Crippen LogP contribution in [0.3, 0.4) is 0 Å². The van der Waals surface area contributed by atoms with Crippen LogP contribution in [0.25, 0.3) is 0 Å². The fourth-order valence-corrected chi connectivity index (χ4v) is 3.58. The van der Waals surface area contributed by atoms with Gasteiger partial charge in [0.25, 0.3) is 10.2 Å². The fourth-order valence-electron chi connectivity index (χ4n) is 2.11. The predicted octanol–water partition coefficient (Wildman–Crippen LogP) is -0.240. The summed E-state index contributed by atoms with van der Waals surface area (Å²) in [4.78, 5) is 11.1. The van der Waals surface area contributed by atoms with E-state index in [0.29, 0.717) is 25.8 Å². The second kappa shape index (κ2) is 7.78. The summed E-state index contributed by atoms with van der Waals surface area (Å²) in [5.41, 5.74) is 0. The molecule has 1 rings (SSSR count). The maximum Gasteiger partial charge on any atom is 0.322 e. The summed E-state index contributed by atoms with van der Waals surface area (Å²) in [6.07, 6.45) is 2.53. The van der Waals surface area contributed by atoms with E-state index >= 15 is 0 Å². The molecule has 0 radical (unpaired) electrons. The van der Waals surface area contributed by atoms with Crippen LogP contribution in [-0.4, -0.2) is 56.0 Å². The van der Waals surface area contributed by atoms with Crippen LogP contribution in [0.4, 0.5) is 0 Å². The number of hydrogen-bond donors (Lipinski definition) is 3. The highest BCUT2D eigenvalue weighted by molar-refractivity contribution is 7.87. The van der Waals surface area contributed by atoms with Crippen LogP contribution in [0.5, 0.6) is 0 Å². The molecule has 112 valence electrons. The Labute approximate surface area is 114 Å². The van der Waals surface area contributed by atoms with Gasteiger partial charge in [-0.2, -0.15) is 12.7 Å². The summed E-state index contributed by atoms with van der Waals surface area (Å²) in [7, 11) is -3.69. The smallest absolute Gasteiger partial charge is 0.322 e. The van der Waals surface area contributed by atoms with Crippen LogP contribution in [-0.2, 0) is 15.0 Å². The van der Waals surface area contributed by atoms with Crippen LogP contribution < -0.4 is 10.0 Å². The van der Waals surface area contributed by atoms with Crippen molar-refractivity contribution in [2.75, 3.05) is 26.2 Å². The van der Waals surface area contributed by atoms with Crippen molar-refractivity contribution in [1.82, 2.24) is 14.3 Å².